The predicted octanol–water partition coefficient (Wildman–Crippen LogP) is 10.0. The van der Waals surface area contributed by atoms with Crippen molar-refractivity contribution in [1.82, 2.24) is 5.32 Å². The summed E-state index contributed by atoms with van der Waals surface area (Å²) < 4.78 is 13.0. The first-order chi connectivity index (χ1) is 31.0. The number of para-hydroxylation sites is 1. The summed E-state index contributed by atoms with van der Waals surface area (Å²) in [5, 5.41) is 26.9. The molecular weight excluding hydrogens is 821 g/mol. The Bertz CT molecular complexity index is 3010. The van der Waals surface area contributed by atoms with E-state index in [1.807, 2.05) is 80.3 Å². The number of anilines is 1. The molecule has 13 nitrogen and oxygen atoms in total. The van der Waals surface area contributed by atoms with Crippen LogP contribution >= 0.6 is 0 Å². The molecule has 13 heteroatoms. The molecule has 1 unspecified atom stereocenters. The number of rotatable bonds is 8. The first kappa shape index (κ1) is 41.8. The highest BCUT2D eigenvalue weighted by Crippen LogP contribution is 2.55. The Morgan fingerprint density at radius 3 is 2.52 bits per heavy atom. The van der Waals surface area contributed by atoms with E-state index in [9.17, 15) is 24.8 Å². The van der Waals surface area contributed by atoms with Gasteiger partial charge in [0.1, 0.15) is 11.5 Å². The number of aliphatic imine (C=N–C) groups is 3. The summed E-state index contributed by atoms with van der Waals surface area (Å²) in [4.78, 5) is 55.6. The molecule has 1 aliphatic carbocycles. The number of hydrogen-bond donors (Lipinski definition) is 2. The zero-order valence-electron chi connectivity index (χ0n) is 37.8. The van der Waals surface area contributed by atoms with Crippen LogP contribution in [0, 0.1) is 22.0 Å². The van der Waals surface area contributed by atoms with Crippen molar-refractivity contribution in [3.8, 4) is 5.75 Å². The molecule has 0 saturated carbocycles. The number of benzene rings is 2. The second kappa shape index (κ2) is 15.0. The summed E-state index contributed by atoms with van der Waals surface area (Å²) in [5.74, 6) is -0.0319. The molecule has 2 aromatic rings. The van der Waals surface area contributed by atoms with Gasteiger partial charge in [-0.15, -0.1) is 0 Å². The quantitative estimate of drug-likeness (QED) is 0.149. The van der Waals surface area contributed by atoms with Gasteiger partial charge in [0, 0.05) is 76.2 Å². The van der Waals surface area contributed by atoms with E-state index in [0.29, 0.717) is 34.7 Å². The molecule has 0 radical (unpaired) electrons. The molecular formula is C52H50N6O7. The van der Waals surface area contributed by atoms with Crippen LogP contribution < -0.4 is 15.0 Å². The molecule has 1 spiro atoms. The summed E-state index contributed by atoms with van der Waals surface area (Å²) in [5.41, 5.74) is 12.6. The van der Waals surface area contributed by atoms with Crippen LogP contribution in [0.25, 0.3) is 6.08 Å². The number of esters is 1. The number of aliphatic hydroxyl groups excluding tert-OH is 1. The van der Waals surface area contributed by atoms with E-state index in [-0.39, 0.29) is 48.6 Å². The van der Waals surface area contributed by atoms with Gasteiger partial charge in [-0.2, -0.15) is 0 Å². The van der Waals surface area contributed by atoms with Crippen LogP contribution in [0.15, 0.2) is 155 Å². The maximum Gasteiger partial charge on any atom is 0.307 e. The van der Waals surface area contributed by atoms with Crippen molar-refractivity contribution in [1.29, 1.82) is 0 Å². The lowest BCUT2D eigenvalue weighted by Gasteiger charge is -2.46. The van der Waals surface area contributed by atoms with E-state index in [1.54, 1.807) is 13.0 Å². The Kier molecular flexibility index (Phi) is 9.63. The van der Waals surface area contributed by atoms with Gasteiger partial charge < -0.3 is 19.9 Å². The predicted molar refractivity (Wildman–Crippen MR) is 250 cm³/mol. The highest BCUT2D eigenvalue weighted by atomic mass is 16.6. The maximum absolute atomic E-state index is 14.1. The standard InChI is InChI=1S/C52H50N6O7/c1-9-33-26(2)37-24-42-47(30(6)59)28(4)39(54-42)22-38-27(3)34(49(55-38)35-21-44(60)48-29(5)40(56-50(35)48)23-41(33)53-37)15-17-46(61)64-25-57-43-13-11-10-12-36(43)51(7,8)52(57)19-18-31-20-32(58(62)63)14-16-45(31)65-52/h10-14,16,18-20,22-24,27,34,55,60H,9,15,17,21,25H2,1-8H3/t27-,34-,52?/m0/s1. The number of ketones is 1. The fourth-order valence-corrected chi connectivity index (χ4v) is 10.9. The van der Waals surface area contributed by atoms with E-state index < -0.39 is 22.0 Å². The summed E-state index contributed by atoms with van der Waals surface area (Å²) in [6.45, 7) is 15.8. The number of fused-ring (bicyclic) bond motifs is 7. The number of hydrogen-bond acceptors (Lipinski definition) is 12. The van der Waals surface area contributed by atoms with Crippen molar-refractivity contribution >= 4 is 46.3 Å². The zero-order chi connectivity index (χ0) is 45.9. The third-order valence-electron chi connectivity index (χ3n) is 14.5. The fraction of sp³-hybridized carbons (Fsp3) is 0.327. The fourth-order valence-electron chi connectivity index (χ4n) is 10.9. The lowest BCUT2D eigenvalue weighted by Crippen LogP contribution is -2.60. The van der Waals surface area contributed by atoms with Crippen LogP contribution in [0.2, 0.25) is 0 Å². The van der Waals surface area contributed by atoms with E-state index in [1.165, 1.54) is 12.1 Å². The highest BCUT2D eigenvalue weighted by Gasteiger charge is 2.59. The minimum absolute atomic E-state index is 0.0313. The van der Waals surface area contributed by atoms with Gasteiger partial charge in [-0.05, 0) is 125 Å². The minimum Gasteiger partial charge on any atom is -0.511 e. The lowest BCUT2D eigenvalue weighted by molar-refractivity contribution is -0.384. The van der Waals surface area contributed by atoms with Crippen LogP contribution in [0.3, 0.4) is 0 Å². The molecule has 7 aliphatic heterocycles. The normalized spacial score (nSPS) is 24.5. The molecule has 0 aromatic heterocycles. The van der Waals surface area contributed by atoms with Crippen molar-refractivity contribution in [2.45, 2.75) is 92.2 Å². The zero-order valence-corrected chi connectivity index (χ0v) is 37.8. The molecule has 10 rings (SSSR count). The second-order valence-corrected chi connectivity index (χ2v) is 18.4. The summed E-state index contributed by atoms with van der Waals surface area (Å²) in [7, 11) is 0. The average Bonchev–Trinajstić information content (AvgIpc) is 4.06. The molecule has 2 aromatic carbocycles. The van der Waals surface area contributed by atoms with Crippen LogP contribution in [-0.4, -0.2) is 51.4 Å². The SMILES string of the molecule is CCC1=C(C)C2=NC1=CC1=C(C)C3=C(O)CC(=C4NC(=CC5=NC(=C2)C(C(C)=O)=C5C)[C@@H](C)[C@@H]4CCC(=O)OCN2c4ccccc4C(C)(C)C24C=Cc2cc([N+](=O)[O-])ccc2O4)C3=N1. The topological polar surface area (TPSA) is 168 Å². The molecule has 330 valence electrons. The number of carbonyl (C=O) groups is 2. The molecule has 8 bridgehead atoms. The van der Waals surface area contributed by atoms with Crippen LogP contribution in [0.5, 0.6) is 5.75 Å². The Morgan fingerprint density at radius 1 is 1.02 bits per heavy atom. The van der Waals surface area contributed by atoms with Crippen LogP contribution in [0.4, 0.5) is 11.4 Å². The monoisotopic (exact) mass is 870 g/mol. The third kappa shape index (κ3) is 6.29. The third-order valence-corrected chi connectivity index (χ3v) is 14.5. The van der Waals surface area contributed by atoms with Crippen molar-refractivity contribution in [3.05, 3.63) is 161 Å². The van der Waals surface area contributed by atoms with E-state index in [2.05, 4.69) is 33.0 Å². The number of allylic oxidation sites excluding steroid dienone is 12. The van der Waals surface area contributed by atoms with Gasteiger partial charge in [0.15, 0.2) is 12.5 Å². The molecule has 3 atom stereocenters. The molecule has 1 fully saturated rings. The first-order valence-corrected chi connectivity index (χ1v) is 22.2. The van der Waals surface area contributed by atoms with Crippen molar-refractivity contribution < 1.29 is 29.1 Å². The van der Waals surface area contributed by atoms with E-state index >= 15 is 0 Å². The summed E-state index contributed by atoms with van der Waals surface area (Å²) in [6, 6.07) is 12.5. The first-order valence-electron chi connectivity index (χ1n) is 22.2. The number of nitrogens with one attached hydrogen (secondary N) is 1. The lowest BCUT2D eigenvalue weighted by atomic mass is 9.76. The van der Waals surface area contributed by atoms with Gasteiger partial charge in [-0.25, -0.2) is 15.0 Å². The molecule has 2 N–H and O–H groups in total. The van der Waals surface area contributed by atoms with E-state index in [0.717, 1.165) is 85.3 Å². The highest BCUT2D eigenvalue weighted by molar-refractivity contribution is 6.22. The second-order valence-electron chi connectivity index (χ2n) is 18.4. The van der Waals surface area contributed by atoms with Crippen molar-refractivity contribution in [2.75, 3.05) is 11.6 Å². The van der Waals surface area contributed by atoms with Crippen molar-refractivity contribution in [3.63, 3.8) is 0 Å². The molecule has 65 heavy (non-hydrogen) atoms. The van der Waals surface area contributed by atoms with Gasteiger partial charge in [0.2, 0.25) is 5.72 Å². The summed E-state index contributed by atoms with van der Waals surface area (Å²) in [6.07, 6.45) is 11.2. The van der Waals surface area contributed by atoms with Gasteiger partial charge in [0.05, 0.1) is 44.6 Å². The van der Waals surface area contributed by atoms with Gasteiger partial charge in [-0.3, -0.25) is 24.6 Å². The van der Waals surface area contributed by atoms with Crippen molar-refractivity contribution in [2.24, 2.45) is 26.8 Å². The number of carbonyl (C=O) groups excluding carboxylic acids is 2. The van der Waals surface area contributed by atoms with Gasteiger partial charge in [-0.1, -0.05) is 32.0 Å². The Morgan fingerprint density at radius 2 is 1.77 bits per heavy atom. The Labute approximate surface area is 377 Å². The average molecular weight is 871 g/mol. The largest absolute Gasteiger partial charge is 0.511 e. The number of ether oxygens (including phenoxy) is 2. The van der Waals surface area contributed by atoms with Crippen LogP contribution in [-0.2, 0) is 19.7 Å². The molecule has 1 saturated heterocycles. The summed E-state index contributed by atoms with van der Waals surface area (Å²) >= 11 is 0. The minimum atomic E-state index is -1.11. The molecule has 7 heterocycles. The van der Waals surface area contributed by atoms with Gasteiger partial charge >= 0.3 is 5.97 Å². The number of nitrogens with zero attached hydrogens (tertiary/aromatic N) is 5. The number of Topliss-reactive ketones (excluding diaryl/α,β-unsaturated/α-hetero) is 1. The Balaban J connectivity index is 0.978. The Hall–Kier alpha value is -7.15. The van der Waals surface area contributed by atoms with Crippen LogP contribution in [0.1, 0.15) is 92.2 Å². The number of non-ortho nitro benzene ring substituents is 1. The number of aliphatic hydroxyl groups is 1. The molecule has 0 amide bonds. The smallest absolute Gasteiger partial charge is 0.307 e. The molecule has 8 aliphatic rings. The maximum atomic E-state index is 14.1. The van der Waals surface area contributed by atoms with Gasteiger partial charge in [0.25, 0.3) is 5.69 Å². The number of nitro benzene ring substituents is 1. The van der Waals surface area contributed by atoms with E-state index in [4.69, 9.17) is 24.5 Å². The number of nitro groups is 1.